The van der Waals surface area contributed by atoms with E-state index >= 15 is 0 Å². The Labute approximate surface area is 86.5 Å². The molecule has 0 aromatic carbocycles. The van der Waals surface area contributed by atoms with Crippen LogP contribution in [0.15, 0.2) is 0 Å². The molecule has 0 atom stereocenters. The summed E-state index contributed by atoms with van der Waals surface area (Å²) < 4.78 is 21.9. The van der Waals surface area contributed by atoms with Crippen LogP contribution in [0.3, 0.4) is 0 Å². The second-order valence-electron chi connectivity index (χ2n) is 2.03. The monoisotopic (exact) mass is 310 g/mol. The Morgan fingerprint density at radius 1 is 0.615 bits per heavy atom. The van der Waals surface area contributed by atoms with Gasteiger partial charge in [-0.25, -0.2) is 0 Å². The van der Waals surface area contributed by atoms with Gasteiger partial charge < -0.3 is 0 Å². The molecule has 0 rings (SSSR count). The van der Waals surface area contributed by atoms with E-state index in [1.165, 1.54) is 0 Å². The van der Waals surface area contributed by atoms with Crippen molar-refractivity contribution in [3.63, 3.8) is 0 Å². The molecule has 82 valence electrons. The van der Waals surface area contributed by atoms with Crippen molar-refractivity contribution in [2.24, 2.45) is 0 Å². The van der Waals surface area contributed by atoms with E-state index in [1.807, 2.05) is 27.7 Å². The summed E-state index contributed by atoms with van der Waals surface area (Å²) in [6, 6.07) is 0. The predicted octanol–water partition coefficient (Wildman–Crippen LogP) is 1.57. The molecule has 0 saturated heterocycles. The maximum atomic E-state index is 5.47. The van der Waals surface area contributed by atoms with Crippen molar-refractivity contribution < 1.29 is 12.4 Å². The zero-order valence-corrected chi connectivity index (χ0v) is 11.2. The van der Waals surface area contributed by atoms with Gasteiger partial charge in [0.25, 0.3) is 0 Å². The van der Waals surface area contributed by atoms with Gasteiger partial charge in [0.2, 0.25) is 0 Å². The second-order valence-corrected chi connectivity index (χ2v) is 7.06. The van der Waals surface area contributed by atoms with Crippen molar-refractivity contribution in [3.05, 3.63) is 0 Å². The molecule has 0 unspecified atom stereocenters. The number of hydrogen-bond donors (Lipinski definition) is 0. The fraction of sp³-hybridized carbons (Fsp3) is 1.00. The SMILES string of the molecule is CCO[Te](OCC)(OCC)OCC. The molecule has 0 bridgehead atoms. The van der Waals surface area contributed by atoms with Gasteiger partial charge in [0.1, 0.15) is 0 Å². The van der Waals surface area contributed by atoms with Crippen LogP contribution >= 0.6 is 0 Å². The van der Waals surface area contributed by atoms with Crippen LogP contribution in [-0.4, -0.2) is 46.3 Å². The first kappa shape index (κ1) is 13.6. The normalized spacial score (nSPS) is 13.2. The van der Waals surface area contributed by atoms with E-state index in [0.29, 0.717) is 26.4 Å². The van der Waals surface area contributed by atoms with Crippen LogP contribution in [0.5, 0.6) is 0 Å². The molecule has 0 N–H and O–H groups in total. The Balaban J connectivity index is 4.19. The molecule has 0 radical (unpaired) electrons. The van der Waals surface area contributed by atoms with Crippen LogP contribution in [0.4, 0.5) is 0 Å². The molecule has 0 aliphatic heterocycles. The van der Waals surface area contributed by atoms with Gasteiger partial charge in [-0.2, -0.15) is 0 Å². The van der Waals surface area contributed by atoms with E-state index in [9.17, 15) is 0 Å². The van der Waals surface area contributed by atoms with Crippen molar-refractivity contribution >= 4 is 19.8 Å². The molecule has 4 nitrogen and oxygen atoms in total. The molecular formula is C8H20O4Te. The van der Waals surface area contributed by atoms with E-state index < -0.39 is 19.8 Å². The maximum absolute atomic E-state index is 5.47. The fourth-order valence-electron chi connectivity index (χ4n) is 0.781. The van der Waals surface area contributed by atoms with Gasteiger partial charge in [-0.3, -0.25) is 0 Å². The van der Waals surface area contributed by atoms with E-state index in [2.05, 4.69) is 0 Å². The van der Waals surface area contributed by atoms with Crippen LogP contribution in [0.2, 0.25) is 0 Å². The quantitative estimate of drug-likeness (QED) is 0.638. The molecule has 5 heteroatoms. The van der Waals surface area contributed by atoms with Gasteiger partial charge in [0.15, 0.2) is 0 Å². The summed E-state index contributed by atoms with van der Waals surface area (Å²) in [6.45, 7) is 9.94. The minimum atomic E-state index is -3.35. The Kier molecular flexibility index (Phi) is 8.37. The minimum absolute atomic E-state index is 0.571. The summed E-state index contributed by atoms with van der Waals surface area (Å²) in [5.74, 6) is 0. The molecule has 0 saturated carbocycles. The molecule has 0 aromatic heterocycles. The average molecular weight is 308 g/mol. The van der Waals surface area contributed by atoms with Crippen LogP contribution in [0.1, 0.15) is 27.7 Å². The Morgan fingerprint density at radius 2 is 0.846 bits per heavy atom. The van der Waals surface area contributed by atoms with Gasteiger partial charge in [-0.15, -0.1) is 0 Å². The van der Waals surface area contributed by atoms with Crippen LogP contribution in [-0.2, 0) is 12.4 Å². The third kappa shape index (κ3) is 5.16. The zero-order valence-electron chi connectivity index (χ0n) is 8.87. The summed E-state index contributed by atoms with van der Waals surface area (Å²) in [7, 11) is 0. The van der Waals surface area contributed by atoms with Crippen molar-refractivity contribution in [3.8, 4) is 0 Å². The summed E-state index contributed by atoms with van der Waals surface area (Å²) >= 11 is -3.35. The van der Waals surface area contributed by atoms with E-state index in [0.717, 1.165) is 0 Å². The molecule has 0 spiro atoms. The Hall–Kier alpha value is 0.630. The third-order valence-corrected chi connectivity index (χ3v) is 7.04. The molecule has 0 fully saturated rings. The molecule has 0 aliphatic rings. The molecule has 13 heavy (non-hydrogen) atoms. The second kappa shape index (κ2) is 7.98. The van der Waals surface area contributed by atoms with Gasteiger partial charge in [-0.1, -0.05) is 0 Å². The molecule has 0 heterocycles. The molecule has 0 amide bonds. The predicted molar refractivity (Wildman–Crippen MR) is 52.3 cm³/mol. The van der Waals surface area contributed by atoms with Crippen molar-refractivity contribution in [2.75, 3.05) is 26.4 Å². The van der Waals surface area contributed by atoms with Crippen LogP contribution in [0, 0.1) is 0 Å². The number of hydrogen-bond acceptors (Lipinski definition) is 4. The summed E-state index contributed by atoms with van der Waals surface area (Å²) in [6.07, 6.45) is 0. The van der Waals surface area contributed by atoms with E-state index in [-0.39, 0.29) is 0 Å². The van der Waals surface area contributed by atoms with Gasteiger partial charge in [0, 0.05) is 0 Å². The van der Waals surface area contributed by atoms with Crippen molar-refractivity contribution in [2.45, 2.75) is 27.7 Å². The van der Waals surface area contributed by atoms with E-state index in [4.69, 9.17) is 12.4 Å². The van der Waals surface area contributed by atoms with E-state index in [1.54, 1.807) is 0 Å². The first-order chi connectivity index (χ1) is 6.24. The van der Waals surface area contributed by atoms with Gasteiger partial charge >= 0.3 is 86.4 Å². The van der Waals surface area contributed by atoms with Crippen molar-refractivity contribution in [1.29, 1.82) is 0 Å². The summed E-state index contributed by atoms with van der Waals surface area (Å²) in [5, 5.41) is 0. The summed E-state index contributed by atoms with van der Waals surface area (Å²) in [4.78, 5) is 0. The van der Waals surface area contributed by atoms with Crippen molar-refractivity contribution in [1.82, 2.24) is 0 Å². The van der Waals surface area contributed by atoms with Crippen LogP contribution < -0.4 is 0 Å². The fourth-order valence-corrected chi connectivity index (χ4v) is 5.24. The Morgan fingerprint density at radius 3 is 1.00 bits per heavy atom. The molecular weight excluding hydrogens is 288 g/mol. The Bertz CT molecular complexity index is 91.2. The number of rotatable bonds is 8. The first-order valence-corrected chi connectivity index (χ1v) is 8.46. The molecule has 0 aliphatic carbocycles. The molecule has 0 aromatic rings. The topological polar surface area (TPSA) is 36.9 Å². The summed E-state index contributed by atoms with van der Waals surface area (Å²) in [5.41, 5.74) is 0. The first-order valence-electron chi connectivity index (χ1n) is 4.65. The zero-order chi connectivity index (χ0) is 10.2. The van der Waals surface area contributed by atoms with Gasteiger partial charge in [0.05, 0.1) is 0 Å². The average Bonchev–Trinajstić information content (AvgIpc) is 2.06. The standard InChI is InChI=1S/C8H20O4Te/c1-5-9-13(10-6-2,11-7-3)12-8-4/h5-8H2,1-4H3. The third-order valence-electron chi connectivity index (χ3n) is 1.05. The van der Waals surface area contributed by atoms with Gasteiger partial charge in [-0.05, 0) is 0 Å². The van der Waals surface area contributed by atoms with Crippen LogP contribution in [0.25, 0.3) is 0 Å².